The summed E-state index contributed by atoms with van der Waals surface area (Å²) in [5.74, 6) is 1.25. The van der Waals surface area contributed by atoms with Gasteiger partial charge in [0, 0.05) is 6.54 Å². The first kappa shape index (κ1) is 12.0. The zero-order chi connectivity index (χ0) is 12.3. The third kappa shape index (κ3) is 2.44. The van der Waals surface area contributed by atoms with Gasteiger partial charge in [-0.05, 0) is 48.6 Å². The number of ether oxygens (including phenoxy) is 1. The highest BCUT2D eigenvalue weighted by atomic mass is 16.5. The summed E-state index contributed by atoms with van der Waals surface area (Å²) in [7, 11) is 1.57. The fraction of sp³-hybridized carbons (Fsp3) is 0.429. The molecule has 0 aromatic heterocycles. The van der Waals surface area contributed by atoms with E-state index in [1.807, 2.05) is 18.2 Å². The summed E-state index contributed by atoms with van der Waals surface area (Å²) in [6.07, 6.45) is 3.82. The zero-order valence-electron chi connectivity index (χ0n) is 10.2. The lowest BCUT2D eigenvalue weighted by Crippen LogP contribution is -2.09. The number of rotatable bonds is 4. The molecule has 1 aromatic rings. The minimum Gasteiger partial charge on any atom is -0.504 e. The second kappa shape index (κ2) is 5.23. The van der Waals surface area contributed by atoms with Crippen molar-refractivity contribution in [2.75, 3.05) is 20.2 Å². The van der Waals surface area contributed by atoms with Crippen LogP contribution in [0.25, 0.3) is 0 Å². The molecule has 1 aliphatic heterocycles. The Morgan fingerprint density at radius 2 is 2.41 bits per heavy atom. The molecule has 1 fully saturated rings. The third-order valence-corrected chi connectivity index (χ3v) is 3.31. The van der Waals surface area contributed by atoms with Gasteiger partial charge in [-0.15, -0.1) is 6.58 Å². The van der Waals surface area contributed by atoms with Crippen molar-refractivity contribution in [2.45, 2.75) is 18.8 Å². The predicted octanol–water partition coefficient (Wildman–Crippen LogP) is 2.21. The molecule has 17 heavy (non-hydrogen) atoms. The van der Waals surface area contributed by atoms with Crippen LogP contribution in [0.15, 0.2) is 24.8 Å². The van der Waals surface area contributed by atoms with E-state index in [9.17, 15) is 5.11 Å². The van der Waals surface area contributed by atoms with Gasteiger partial charge in [0.05, 0.1) is 7.11 Å². The van der Waals surface area contributed by atoms with Crippen LogP contribution in [0.5, 0.6) is 11.5 Å². The molecule has 0 bridgehead atoms. The third-order valence-electron chi connectivity index (χ3n) is 3.31. The molecule has 3 heteroatoms. The van der Waals surface area contributed by atoms with E-state index in [4.69, 9.17) is 4.74 Å². The number of methoxy groups -OCH3 is 1. The molecule has 0 radical (unpaired) electrons. The molecule has 1 unspecified atom stereocenters. The molecule has 1 heterocycles. The maximum atomic E-state index is 9.87. The van der Waals surface area contributed by atoms with Gasteiger partial charge < -0.3 is 15.2 Å². The minimum absolute atomic E-state index is 0.224. The average molecular weight is 233 g/mol. The molecule has 2 rings (SSSR count). The van der Waals surface area contributed by atoms with Crippen molar-refractivity contribution in [1.29, 1.82) is 0 Å². The molecule has 1 saturated heterocycles. The molecule has 0 saturated carbocycles. The van der Waals surface area contributed by atoms with Crippen LogP contribution in [-0.4, -0.2) is 25.3 Å². The van der Waals surface area contributed by atoms with Crippen molar-refractivity contribution >= 4 is 0 Å². The van der Waals surface area contributed by atoms with Crippen LogP contribution >= 0.6 is 0 Å². The van der Waals surface area contributed by atoms with E-state index in [0.717, 1.165) is 25.9 Å². The maximum Gasteiger partial charge on any atom is 0.160 e. The topological polar surface area (TPSA) is 41.5 Å². The molecule has 1 aliphatic rings. The summed E-state index contributed by atoms with van der Waals surface area (Å²) in [5.41, 5.74) is 2.41. The van der Waals surface area contributed by atoms with Gasteiger partial charge in [-0.3, -0.25) is 0 Å². The number of aromatic hydroxyl groups is 1. The molecule has 0 aliphatic carbocycles. The fourth-order valence-electron chi connectivity index (χ4n) is 2.42. The van der Waals surface area contributed by atoms with E-state index in [0.29, 0.717) is 11.7 Å². The molecule has 0 spiro atoms. The first-order valence-corrected chi connectivity index (χ1v) is 5.97. The van der Waals surface area contributed by atoms with Crippen LogP contribution in [-0.2, 0) is 6.42 Å². The molecule has 2 N–H and O–H groups in total. The lowest BCUT2D eigenvalue weighted by atomic mass is 9.91. The van der Waals surface area contributed by atoms with E-state index in [2.05, 4.69) is 11.9 Å². The van der Waals surface area contributed by atoms with Crippen LogP contribution in [0.1, 0.15) is 23.5 Å². The van der Waals surface area contributed by atoms with Gasteiger partial charge in [0.15, 0.2) is 11.5 Å². The number of nitrogens with one attached hydrogen (secondary N) is 1. The number of phenolic OH excluding ortho intramolecular Hbond substituents is 1. The van der Waals surface area contributed by atoms with Gasteiger partial charge in [0.1, 0.15) is 0 Å². The Bertz CT molecular complexity index is 409. The second-order valence-electron chi connectivity index (χ2n) is 4.41. The van der Waals surface area contributed by atoms with Gasteiger partial charge in [0.25, 0.3) is 0 Å². The monoisotopic (exact) mass is 233 g/mol. The smallest absolute Gasteiger partial charge is 0.160 e. The van der Waals surface area contributed by atoms with Gasteiger partial charge in [0.2, 0.25) is 0 Å². The van der Waals surface area contributed by atoms with Crippen LogP contribution in [0.3, 0.4) is 0 Å². The maximum absolute atomic E-state index is 9.87. The van der Waals surface area contributed by atoms with Crippen LogP contribution in [0.2, 0.25) is 0 Å². The first-order chi connectivity index (χ1) is 8.26. The number of phenols is 1. The number of benzene rings is 1. The van der Waals surface area contributed by atoms with Gasteiger partial charge >= 0.3 is 0 Å². The van der Waals surface area contributed by atoms with E-state index in [1.165, 1.54) is 11.1 Å². The average Bonchev–Trinajstić information content (AvgIpc) is 2.84. The Morgan fingerprint density at radius 3 is 3.00 bits per heavy atom. The fourth-order valence-corrected chi connectivity index (χ4v) is 2.42. The minimum atomic E-state index is 0.224. The summed E-state index contributed by atoms with van der Waals surface area (Å²) >= 11 is 0. The highest BCUT2D eigenvalue weighted by molar-refractivity contribution is 5.48. The highest BCUT2D eigenvalue weighted by Crippen LogP contribution is 2.35. The molecular weight excluding hydrogens is 214 g/mol. The lowest BCUT2D eigenvalue weighted by Gasteiger charge is -2.16. The second-order valence-corrected chi connectivity index (χ2v) is 4.41. The molecule has 92 valence electrons. The van der Waals surface area contributed by atoms with Gasteiger partial charge in [-0.25, -0.2) is 0 Å². The number of hydrogen-bond acceptors (Lipinski definition) is 3. The SMILES string of the molecule is C=CCc1cc(OC)c(O)cc1C1CCNC1. The van der Waals surface area contributed by atoms with Crippen molar-refractivity contribution in [3.8, 4) is 11.5 Å². The standard InChI is InChI=1S/C14H19NO2/c1-3-4-10-7-14(17-2)13(16)8-12(10)11-5-6-15-9-11/h3,7-8,11,15-16H,1,4-6,9H2,2H3. The Morgan fingerprint density at radius 1 is 1.59 bits per heavy atom. The lowest BCUT2D eigenvalue weighted by molar-refractivity contribution is 0.372. The van der Waals surface area contributed by atoms with E-state index < -0.39 is 0 Å². The quantitative estimate of drug-likeness (QED) is 0.783. The summed E-state index contributed by atoms with van der Waals surface area (Å²) in [6, 6.07) is 3.76. The Kier molecular flexibility index (Phi) is 3.69. The molecular formula is C14H19NO2. The zero-order valence-corrected chi connectivity index (χ0v) is 10.2. The first-order valence-electron chi connectivity index (χ1n) is 5.97. The number of hydrogen-bond donors (Lipinski definition) is 2. The van der Waals surface area contributed by atoms with Crippen molar-refractivity contribution in [3.05, 3.63) is 35.9 Å². The van der Waals surface area contributed by atoms with E-state index in [1.54, 1.807) is 7.11 Å². The summed E-state index contributed by atoms with van der Waals surface area (Å²) < 4.78 is 5.15. The Balaban J connectivity index is 2.40. The predicted molar refractivity (Wildman–Crippen MR) is 68.8 cm³/mol. The van der Waals surface area contributed by atoms with E-state index in [-0.39, 0.29) is 5.75 Å². The highest BCUT2D eigenvalue weighted by Gasteiger charge is 2.21. The van der Waals surface area contributed by atoms with Crippen LogP contribution in [0, 0.1) is 0 Å². The molecule has 0 amide bonds. The molecule has 1 atom stereocenters. The molecule has 1 aromatic carbocycles. The number of allylic oxidation sites excluding steroid dienone is 1. The Labute approximate surface area is 102 Å². The normalized spacial score (nSPS) is 19.2. The van der Waals surface area contributed by atoms with Crippen molar-refractivity contribution in [3.63, 3.8) is 0 Å². The van der Waals surface area contributed by atoms with Crippen molar-refractivity contribution in [1.82, 2.24) is 5.32 Å². The van der Waals surface area contributed by atoms with Gasteiger partial charge in [-0.2, -0.15) is 0 Å². The van der Waals surface area contributed by atoms with Crippen LogP contribution in [0.4, 0.5) is 0 Å². The largest absolute Gasteiger partial charge is 0.504 e. The van der Waals surface area contributed by atoms with Gasteiger partial charge in [-0.1, -0.05) is 6.08 Å². The van der Waals surface area contributed by atoms with E-state index >= 15 is 0 Å². The summed E-state index contributed by atoms with van der Waals surface area (Å²) in [4.78, 5) is 0. The van der Waals surface area contributed by atoms with Crippen LogP contribution < -0.4 is 10.1 Å². The Hall–Kier alpha value is -1.48. The summed E-state index contributed by atoms with van der Waals surface area (Å²) in [5, 5.41) is 13.2. The summed E-state index contributed by atoms with van der Waals surface area (Å²) in [6.45, 7) is 5.81. The van der Waals surface area contributed by atoms with Crippen molar-refractivity contribution in [2.24, 2.45) is 0 Å². The van der Waals surface area contributed by atoms with Crippen molar-refractivity contribution < 1.29 is 9.84 Å². The molecule has 3 nitrogen and oxygen atoms in total.